The van der Waals surface area contributed by atoms with Crippen molar-refractivity contribution in [1.29, 1.82) is 0 Å². The Morgan fingerprint density at radius 1 is 0.435 bits per heavy atom. The molecule has 0 N–H and O–H groups in total. The maximum absolute atomic E-state index is 3.67. The fourth-order valence-corrected chi connectivity index (χ4v) is 3.56. The van der Waals surface area contributed by atoms with E-state index in [4.69, 9.17) is 0 Å². The summed E-state index contributed by atoms with van der Waals surface area (Å²) in [6.07, 6.45) is 0. The van der Waals surface area contributed by atoms with Gasteiger partial charge in [0, 0.05) is 4.47 Å². The Bertz CT molecular complexity index is 971. The van der Waals surface area contributed by atoms with E-state index >= 15 is 0 Å². The Morgan fingerprint density at radius 3 is 1.83 bits per heavy atom. The Morgan fingerprint density at radius 2 is 1.04 bits per heavy atom. The molecule has 0 atom stereocenters. The van der Waals surface area contributed by atoms with Gasteiger partial charge in [-0.1, -0.05) is 101 Å². The number of halogens is 1. The van der Waals surface area contributed by atoms with Crippen LogP contribution in [0.15, 0.2) is 95.5 Å². The predicted molar refractivity (Wildman–Crippen MR) is 103 cm³/mol. The van der Waals surface area contributed by atoms with Crippen LogP contribution in [0.3, 0.4) is 0 Å². The van der Waals surface area contributed by atoms with Crippen molar-refractivity contribution in [1.82, 2.24) is 0 Å². The topological polar surface area (TPSA) is 0 Å². The molecule has 0 unspecified atom stereocenters. The normalized spacial score (nSPS) is 10.8. The highest BCUT2D eigenvalue weighted by Crippen LogP contribution is 2.38. The SMILES string of the molecule is Brc1ccc(-c2ccccc2-c2ccccc2)c2ccccc12. The smallest absolute Gasteiger partial charge is 0.0254 e. The third kappa shape index (κ3) is 2.58. The zero-order valence-electron chi connectivity index (χ0n) is 12.5. The Balaban J connectivity index is 2.02. The Hall–Kier alpha value is -2.38. The highest BCUT2D eigenvalue weighted by molar-refractivity contribution is 9.10. The van der Waals surface area contributed by atoms with E-state index in [2.05, 4.69) is 107 Å². The lowest BCUT2D eigenvalue weighted by Gasteiger charge is -2.13. The number of fused-ring (bicyclic) bond motifs is 1. The summed E-state index contributed by atoms with van der Waals surface area (Å²) < 4.78 is 1.13. The summed E-state index contributed by atoms with van der Waals surface area (Å²) in [6.45, 7) is 0. The molecule has 0 amide bonds. The third-order valence-corrected chi connectivity index (χ3v) is 4.86. The standard InChI is InChI=1S/C22H15Br/c23-22-15-14-20(19-12-6-7-13-21(19)22)18-11-5-4-10-17(18)16-8-2-1-3-9-16/h1-15H. The molecule has 4 rings (SSSR count). The van der Waals surface area contributed by atoms with Crippen LogP contribution in [0.4, 0.5) is 0 Å². The molecule has 0 heterocycles. The van der Waals surface area contributed by atoms with Gasteiger partial charge in [-0.05, 0) is 39.1 Å². The van der Waals surface area contributed by atoms with Crippen LogP contribution in [0.1, 0.15) is 0 Å². The van der Waals surface area contributed by atoms with E-state index < -0.39 is 0 Å². The average molecular weight is 359 g/mol. The molecule has 0 aliphatic rings. The second-order valence-corrected chi connectivity index (χ2v) is 6.41. The van der Waals surface area contributed by atoms with Gasteiger partial charge in [0.15, 0.2) is 0 Å². The van der Waals surface area contributed by atoms with Crippen LogP contribution in [0, 0.1) is 0 Å². The minimum absolute atomic E-state index is 1.13. The van der Waals surface area contributed by atoms with Gasteiger partial charge in [-0.15, -0.1) is 0 Å². The van der Waals surface area contributed by atoms with Crippen LogP contribution in [0.5, 0.6) is 0 Å². The summed E-state index contributed by atoms with van der Waals surface area (Å²) in [5.74, 6) is 0. The molecule has 0 fully saturated rings. The lowest BCUT2D eigenvalue weighted by atomic mass is 9.91. The highest BCUT2D eigenvalue weighted by Gasteiger charge is 2.10. The number of hydrogen-bond acceptors (Lipinski definition) is 0. The van der Waals surface area contributed by atoms with Crippen molar-refractivity contribution >= 4 is 26.7 Å². The van der Waals surface area contributed by atoms with Crippen molar-refractivity contribution in [2.75, 3.05) is 0 Å². The largest absolute Gasteiger partial charge is 0.0622 e. The van der Waals surface area contributed by atoms with Crippen LogP contribution in [-0.4, -0.2) is 0 Å². The monoisotopic (exact) mass is 358 g/mol. The van der Waals surface area contributed by atoms with E-state index in [1.54, 1.807) is 0 Å². The first-order valence-electron chi connectivity index (χ1n) is 7.67. The molecule has 0 aromatic heterocycles. The van der Waals surface area contributed by atoms with Gasteiger partial charge in [-0.2, -0.15) is 0 Å². The summed E-state index contributed by atoms with van der Waals surface area (Å²) in [5.41, 5.74) is 5.04. The molecule has 4 aromatic carbocycles. The maximum Gasteiger partial charge on any atom is 0.0254 e. The van der Waals surface area contributed by atoms with Crippen molar-refractivity contribution in [3.63, 3.8) is 0 Å². The molecule has 0 saturated carbocycles. The molecular formula is C22H15Br. The number of benzene rings is 4. The van der Waals surface area contributed by atoms with E-state index in [0.717, 1.165) is 4.47 Å². The number of hydrogen-bond donors (Lipinski definition) is 0. The zero-order valence-corrected chi connectivity index (χ0v) is 14.1. The van der Waals surface area contributed by atoms with Crippen molar-refractivity contribution in [3.8, 4) is 22.3 Å². The van der Waals surface area contributed by atoms with Crippen LogP contribution in [0.25, 0.3) is 33.0 Å². The number of rotatable bonds is 2. The van der Waals surface area contributed by atoms with Crippen LogP contribution >= 0.6 is 15.9 Å². The van der Waals surface area contributed by atoms with Crippen molar-refractivity contribution in [2.45, 2.75) is 0 Å². The van der Waals surface area contributed by atoms with E-state index in [1.165, 1.54) is 33.0 Å². The van der Waals surface area contributed by atoms with Crippen molar-refractivity contribution < 1.29 is 0 Å². The van der Waals surface area contributed by atoms with Gasteiger partial charge < -0.3 is 0 Å². The lowest BCUT2D eigenvalue weighted by molar-refractivity contribution is 1.59. The van der Waals surface area contributed by atoms with Crippen LogP contribution in [0.2, 0.25) is 0 Å². The second kappa shape index (κ2) is 6.02. The fraction of sp³-hybridized carbons (Fsp3) is 0. The Kier molecular flexibility index (Phi) is 3.72. The molecule has 1 heteroatoms. The average Bonchev–Trinajstić information content (AvgIpc) is 2.63. The quantitative estimate of drug-likeness (QED) is 0.364. The van der Waals surface area contributed by atoms with Gasteiger partial charge in [0.1, 0.15) is 0 Å². The molecular weight excluding hydrogens is 344 g/mol. The van der Waals surface area contributed by atoms with Gasteiger partial charge in [0.25, 0.3) is 0 Å². The molecule has 0 spiro atoms. The first kappa shape index (κ1) is 14.2. The highest BCUT2D eigenvalue weighted by atomic mass is 79.9. The first-order valence-corrected chi connectivity index (χ1v) is 8.46. The van der Waals surface area contributed by atoms with Crippen LogP contribution < -0.4 is 0 Å². The molecule has 4 aromatic rings. The molecule has 0 aliphatic heterocycles. The van der Waals surface area contributed by atoms with E-state index in [-0.39, 0.29) is 0 Å². The summed E-state index contributed by atoms with van der Waals surface area (Å²) >= 11 is 3.67. The summed E-state index contributed by atoms with van der Waals surface area (Å²) in [5, 5.41) is 2.51. The molecule has 0 saturated heterocycles. The van der Waals surface area contributed by atoms with E-state index in [0.29, 0.717) is 0 Å². The van der Waals surface area contributed by atoms with Gasteiger partial charge in [-0.3, -0.25) is 0 Å². The summed E-state index contributed by atoms with van der Waals surface area (Å²) in [7, 11) is 0. The third-order valence-electron chi connectivity index (χ3n) is 4.17. The maximum atomic E-state index is 3.67. The molecule has 0 nitrogen and oxygen atoms in total. The molecule has 0 bridgehead atoms. The van der Waals surface area contributed by atoms with Gasteiger partial charge in [0.05, 0.1) is 0 Å². The molecule has 110 valence electrons. The summed E-state index contributed by atoms with van der Waals surface area (Å²) in [6, 6.07) is 32.1. The van der Waals surface area contributed by atoms with E-state index in [1.807, 2.05) is 0 Å². The van der Waals surface area contributed by atoms with Gasteiger partial charge in [0.2, 0.25) is 0 Å². The molecule has 0 aliphatic carbocycles. The molecule has 23 heavy (non-hydrogen) atoms. The second-order valence-electron chi connectivity index (χ2n) is 5.55. The first-order chi connectivity index (χ1) is 11.3. The minimum Gasteiger partial charge on any atom is -0.0622 e. The van der Waals surface area contributed by atoms with E-state index in [9.17, 15) is 0 Å². The van der Waals surface area contributed by atoms with Gasteiger partial charge in [-0.25, -0.2) is 0 Å². The minimum atomic E-state index is 1.13. The Labute approximate surface area is 144 Å². The lowest BCUT2D eigenvalue weighted by Crippen LogP contribution is -1.87. The molecule has 0 radical (unpaired) electrons. The predicted octanol–water partition coefficient (Wildman–Crippen LogP) is 6.94. The van der Waals surface area contributed by atoms with Crippen molar-refractivity contribution in [3.05, 3.63) is 95.5 Å². The zero-order chi connectivity index (χ0) is 15.6. The van der Waals surface area contributed by atoms with Gasteiger partial charge >= 0.3 is 0 Å². The summed E-state index contributed by atoms with van der Waals surface area (Å²) in [4.78, 5) is 0. The van der Waals surface area contributed by atoms with Crippen LogP contribution in [-0.2, 0) is 0 Å². The van der Waals surface area contributed by atoms with Crippen molar-refractivity contribution in [2.24, 2.45) is 0 Å². The fourth-order valence-electron chi connectivity index (χ4n) is 3.08.